The third-order valence-corrected chi connectivity index (χ3v) is 7.28. The summed E-state index contributed by atoms with van der Waals surface area (Å²) in [6.07, 6.45) is 14.7. The largest absolute Gasteiger partial charge is 0.369 e. The van der Waals surface area contributed by atoms with Crippen LogP contribution < -0.4 is 0 Å². The fourth-order valence-corrected chi connectivity index (χ4v) is 4.61. The highest BCUT2D eigenvalue weighted by Crippen LogP contribution is 2.49. The summed E-state index contributed by atoms with van der Waals surface area (Å²) in [4.78, 5) is 28.2. The van der Waals surface area contributed by atoms with Gasteiger partial charge in [0.15, 0.2) is 0 Å². The van der Waals surface area contributed by atoms with E-state index in [0.29, 0.717) is 12.5 Å². The van der Waals surface area contributed by atoms with Gasteiger partial charge in [0.1, 0.15) is 0 Å². The minimum absolute atomic E-state index is 0.0396. The van der Waals surface area contributed by atoms with Crippen LogP contribution in [0.2, 0.25) is 0 Å². The van der Waals surface area contributed by atoms with Crippen molar-refractivity contribution in [3.05, 3.63) is 47.6 Å². The number of unbranched alkanes of at least 4 members (excludes halogenated alkanes) is 1. The van der Waals surface area contributed by atoms with Gasteiger partial charge in [0, 0.05) is 6.54 Å². The van der Waals surface area contributed by atoms with Crippen molar-refractivity contribution in [1.29, 1.82) is 0 Å². The highest BCUT2D eigenvalue weighted by Gasteiger charge is 2.62. The Hall–Kier alpha value is -1.94. The standard InChI is InChI=1S/C26H37NO3/c1-7-8-15-27-24(28)21-20(16-18(4)19-13-11-9-10-12-14-19)30-23(22(21)25(27)29)26(5,6)17(2)3/h9,11-14,16-17,20-23H,7-8,10,15H2,1-6H3/b18-16+. The first-order valence-corrected chi connectivity index (χ1v) is 11.4. The van der Waals surface area contributed by atoms with Crippen LogP contribution in [0.1, 0.15) is 60.8 Å². The molecule has 0 bridgehead atoms. The summed E-state index contributed by atoms with van der Waals surface area (Å²) >= 11 is 0. The van der Waals surface area contributed by atoms with Gasteiger partial charge in [-0.25, -0.2) is 0 Å². The van der Waals surface area contributed by atoms with Crippen molar-refractivity contribution in [2.24, 2.45) is 23.2 Å². The van der Waals surface area contributed by atoms with E-state index in [0.717, 1.165) is 30.4 Å². The smallest absolute Gasteiger partial charge is 0.236 e. The maximum atomic E-state index is 13.3. The number of hydrogen-bond acceptors (Lipinski definition) is 3. The molecule has 0 saturated carbocycles. The molecule has 0 radical (unpaired) electrons. The summed E-state index contributed by atoms with van der Waals surface area (Å²) in [5.74, 6) is -0.572. The Morgan fingerprint density at radius 3 is 2.60 bits per heavy atom. The molecule has 0 aromatic heterocycles. The van der Waals surface area contributed by atoms with Crippen LogP contribution in [-0.2, 0) is 14.3 Å². The SMILES string of the molecule is CCCCN1C(=O)C2C(/C=C(\C)C3=CC=CCC=C3)OC(C(C)(C)C(C)C)C2C1=O. The van der Waals surface area contributed by atoms with Crippen molar-refractivity contribution < 1.29 is 14.3 Å². The topological polar surface area (TPSA) is 46.6 Å². The molecular weight excluding hydrogens is 374 g/mol. The summed E-state index contributed by atoms with van der Waals surface area (Å²) in [5, 5.41) is 0. The van der Waals surface area contributed by atoms with Gasteiger partial charge in [-0.05, 0) is 42.2 Å². The molecule has 4 atom stereocenters. The second-order valence-corrected chi connectivity index (χ2v) is 9.77. The van der Waals surface area contributed by atoms with Gasteiger partial charge in [-0.2, -0.15) is 0 Å². The molecule has 2 heterocycles. The van der Waals surface area contributed by atoms with E-state index < -0.39 is 5.92 Å². The lowest BCUT2D eigenvalue weighted by Gasteiger charge is -2.37. The molecule has 0 spiro atoms. The van der Waals surface area contributed by atoms with E-state index in [9.17, 15) is 9.59 Å². The summed E-state index contributed by atoms with van der Waals surface area (Å²) < 4.78 is 6.53. The second kappa shape index (κ2) is 9.05. The molecule has 2 fully saturated rings. The number of rotatable bonds is 7. The summed E-state index contributed by atoms with van der Waals surface area (Å²) in [6, 6.07) is 0. The normalized spacial score (nSPS) is 29.6. The molecular formula is C26H37NO3. The van der Waals surface area contributed by atoms with E-state index in [1.807, 2.05) is 0 Å². The molecule has 3 aliphatic rings. The lowest BCUT2D eigenvalue weighted by atomic mass is 9.70. The van der Waals surface area contributed by atoms with E-state index in [2.05, 4.69) is 78.0 Å². The van der Waals surface area contributed by atoms with E-state index in [-0.39, 0.29) is 35.4 Å². The average molecular weight is 412 g/mol. The van der Waals surface area contributed by atoms with Crippen molar-refractivity contribution in [1.82, 2.24) is 4.90 Å². The Morgan fingerprint density at radius 2 is 1.93 bits per heavy atom. The number of amides is 2. The monoisotopic (exact) mass is 411 g/mol. The first-order chi connectivity index (χ1) is 14.2. The van der Waals surface area contributed by atoms with Crippen molar-refractivity contribution in [3.63, 3.8) is 0 Å². The number of hydrogen-bond donors (Lipinski definition) is 0. The second-order valence-electron chi connectivity index (χ2n) is 9.77. The number of imide groups is 1. The average Bonchev–Trinajstić information content (AvgIpc) is 3.02. The highest BCUT2D eigenvalue weighted by molar-refractivity contribution is 6.06. The first kappa shape index (κ1) is 22.7. The Labute approximate surface area is 181 Å². The molecule has 4 nitrogen and oxygen atoms in total. The Morgan fingerprint density at radius 1 is 1.23 bits per heavy atom. The fourth-order valence-electron chi connectivity index (χ4n) is 4.61. The van der Waals surface area contributed by atoms with Crippen molar-refractivity contribution in [2.45, 2.75) is 73.0 Å². The quantitative estimate of drug-likeness (QED) is 0.539. The van der Waals surface area contributed by atoms with E-state index in [4.69, 9.17) is 4.74 Å². The van der Waals surface area contributed by atoms with Crippen LogP contribution in [0.5, 0.6) is 0 Å². The van der Waals surface area contributed by atoms with Gasteiger partial charge < -0.3 is 4.74 Å². The maximum absolute atomic E-state index is 13.3. The van der Waals surface area contributed by atoms with Crippen LogP contribution in [0.25, 0.3) is 0 Å². The zero-order chi connectivity index (χ0) is 22.1. The van der Waals surface area contributed by atoms with Gasteiger partial charge in [0.2, 0.25) is 11.8 Å². The van der Waals surface area contributed by atoms with Crippen LogP contribution >= 0.6 is 0 Å². The number of carbonyl (C=O) groups is 2. The molecule has 1 aliphatic carbocycles. The molecule has 4 heteroatoms. The van der Waals surface area contributed by atoms with E-state index in [1.54, 1.807) is 0 Å². The van der Waals surface area contributed by atoms with Crippen LogP contribution in [-0.4, -0.2) is 35.5 Å². The zero-order valence-electron chi connectivity index (χ0n) is 19.4. The molecule has 2 aliphatic heterocycles. The number of likely N-dealkylation sites (tertiary alicyclic amines) is 1. The number of allylic oxidation sites excluding steroid dienone is 7. The van der Waals surface area contributed by atoms with Gasteiger partial charge >= 0.3 is 0 Å². The summed E-state index contributed by atoms with van der Waals surface area (Å²) in [6.45, 7) is 13.3. The molecule has 0 aromatic rings. The van der Waals surface area contributed by atoms with Crippen molar-refractivity contribution >= 4 is 11.8 Å². The predicted octanol–water partition coefficient (Wildman–Crippen LogP) is 5.23. The Balaban J connectivity index is 1.97. The number of carbonyl (C=O) groups excluding carboxylic acids is 2. The summed E-state index contributed by atoms with van der Waals surface area (Å²) in [5.41, 5.74) is 1.99. The molecule has 2 saturated heterocycles. The molecule has 30 heavy (non-hydrogen) atoms. The van der Waals surface area contributed by atoms with Crippen LogP contribution in [0.3, 0.4) is 0 Å². The molecule has 2 amide bonds. The lowest BCUT2D eigenvalue weighted by Crippen LogP contribution is -2.43. The summed E-state index contributed by atoms with van der Waals surface area (Å²) in [7, 11) is 0. The van der Waals surface area contributed by atoms with Crippen molar-refractivity contribution in [2.75, 3.05) is 6.54 Å². The fraction of sp³-hybridized carbons (Fsp3) is 0.615. The third kappa shape index (κ3) is 4.12. The van der Waals surface area contributed by atoms with Gasteiger partial charge in [0.05, 0.1) is 24.0 Å². The van der Waals surface area contributed by atoms with Crippen LogP contribution in [0.4, 0.5) is 0 Å². The number of fused-ring (bicyclic) bond motifs is 1. The number of ether oxygens (including phenoxy) is 1. The minimum Gasteiger partial charge on any atom is -0.369 e. The van der Waals surface area contributed by atoms with Gasteiger partial charge in [-0.1, -0.05) is 77.5 Å². The van der Waals surface area contributed by atoms with Gasteiger partial charge in [-0.15, -0.1) is 0 Å². The Kier molecular flexibility index (Phi) is 6.86. The molecule has 0 aromatic carbocycles. The van der Waals surface area contributed by atoms with Crippen molar-refractivity contribution in [3.8, 4) is 0 Å². The zero-order valence-corrected chi connectivity index (χ0v) is 19.4. The first-order valence-electron chi connectivity index (χ1n) is 11.4. The maximum Gasteiger partial charge on any atom is 0.236 e. The van der Waals surface area contributed by atoms with Crippen LogP contribution in [0.15, 0.2) is 47.6 Å². The van der Waals surface area contributed by atoms with E-state index >= 15 is 0 Å². The molecule has 0 N–H and O–H groups in total. The van der Waals surface area contributed by atoms with Gasteiger partial charge in [-0.3, -0.25) is 14.5 Å². The minimum atomic E-state index is -0.418. The molecule has 164 valence electrons. The van der Waals surface area contributed by atoms with Gasteiger partial charge in [0.25, 0.3) is 0 Å². The molecule has 3 rings (SSSR count). The van der Waals surface area contributed by atoms with Crippen LogP contribution in [0, 0.1) is 23.2 Å². The highest BCUT2D eigenvalue weighted by atomic mass is 16.5. The lowest BCUT2D eigenvalue weighted by molar-refractivity contribution is -0.145. The van der Waals surface area contributed by atoms with E-state index in [1.165, 1.54) is 4.90 Å². The number of nitrogens with zero attached hydrogens (tertiary/aromatic N) is 1. The Bertz CT molecular complexity index is 799. The third-order valence-electron chi connectivity index (χ3n) is 7.28. The molecule has 4 unspecified atom stereocenters. The predicted molar refractivity (Wildman–Crippen MR) is 121 cm³/mol.